The van der Waals surface area contributed by atoms with Gasteiger partial charge in [-0.05, 0) is 30.5 Å². The summed E-state index contributed by atoms with van der Waals surface area (Å²) in [5, 5.41) is 14.9. The largest absolute Gasteiger partial charge is 0.508 e. The number of phenolic OH excluding ortho intramolecular Hbond substituents is 1. The van der Waals surface area contributed by atoms with E-state index in [1.807, 2.05) is 0 Å². The summed E-state index contributed by atoms with van der Waals surface area (Å²) in [6, 6.07) is 5.64. The van der Waals surface area contributed by atoms with E-state index in [1.165, 1.54) is 12.1 Å². The first-order valence-corrected chi connectivity index (χ1v) is 6.53. The molecule has 19 heavy (non-hydrogen) atoms. The van der Waals surface area contributed by atoms with Gasteiger partial charge in [-0.25, -0.2) is 0 Å². The number of hydrogen-bond donors (Lipinski definition) is 3. The van der Waals surface area contributed by atoms with Gasteiger partial charge in [-0.3, -0.25) is 9.59 Å². The van der Waals surface area contributed by atoms with Gasteiger partial charge in [0.25, 0.3) is 0 Å². The summed E-state index contributed by atoms with van der Waals surface area (Å²) >= 11 is 0. The zero-order chi connectivity index (χ0) is 13.5. The molecule has 1 saturated heterocycles. The Morgan fingerprint density at radius 1 is 1.11 bits per heavy atom. The molecule has 5 nitrogen and oxygen atoms in total. The summed E-state index contributed by atoms with van der Waals surface area (Å²) in [7, 11) is 0. The number of benzene rings is 1. The molecule has 3 rings (SSSR count). The van der Waals surface area contributed by atoms with Gasteiger partial charge in [0.05, 0.1) is 0 Å². The fourth-order valence-corrected chi connectivity index (χ4v) is 2.93. The second kappa shape index (κ2) is 4.26. The minimum absolute atomic E-state index is 0.0947. The Bertz CT molecular complexity index is 518. The van der Waals surface area contributed by atoms with E-state index in [0.29, 0.717) is 18.4 Å². The van der Waals surface area contributed by atoms with Crippen molar-refractivity contribution in [2.45, 2.75) is 37.3 Å². The molecule has 1 atom stereocenters. The maximum absolute atomic E-state index is 12.2. The number of aromatic hydroxyl groups is 1. The lowest BCUT2D eigenvalue weighted by Crippen LogP contribution is -2.65. The van der Waals surface area contributed by atoms with E-state index in [1.54, 1.807) is 12.1 Å². The molecule has 1 spiro atoms. The smallest absolute Gasteiger partial charge is 0.248 e. The van der Waals surface area contributed by atoms with Crippen molar-refractivity contribution in [2.24, 2.45) is 0 Å². The third-order valence-corrected chi connectivity index (χ3v) is 4.02. The number of rotatable bonds is 1. The van der Waals surface area contributed by atoms with Gasteiger partial charge in [0, 0.05) is 0 Å². The Morgan fingerprint density at radius 3 is 2.37 bits per heavy atom. The second-order valence-electron chi connectivity index (χ2n) is 5.28. The molecule has 0 aromatic heterocycles. The van der Waals surface area contributed by atoms with Crippen LogP contribution in [-0.4, -0.2) is 22.5 Å². The summed E-state index contributed by atoms with van der Waals surface area (Å²) < 4.78 is 0. The number of amides is 2. The first kappa shape index (κ1) is 12.0. The lowest BCUT2D eigenvalue weighted by atomic mass is 9.90. The Labute approximate surface area is 111 Å². The third-order valence-electron chi connectivity index (χ3n) is 4.02. The van der Waals surface area contributed by atoms with E-state index in [9.17, 15) is 14.7 Å². The molecule has 2 amide bonds. The summed E-state index contributed by atoms with van der Waals surface area (Å²) in [4.78, 5) is 24.4. The summed E-state index contributed by atoms with van der Waals surface area (Å²) in [6.45, 7) is 0. The molecule has 5 heteroatoms. The van der Waals surface area contributed by atoms with Crippen LogP contribution in [0.15, 0.2) is 24.3 Å². The van der Waals surface area contributed by atoms with Crippen LogP contribution in [0.3, 0.4) is 0 Å². The highest BCUT2D eigenvalue weighted by Gasteiger charge is 2.48. The summed E-state index contributed by atoms with van der Waals surface area (Å²) in [6.07, 6.45) is 3.37. The quantitative estimate of drug-likeness (QED) is 0.704. The van der Waals surface area contributed by atoms with Crippen LogP contribution in [0.5, 0.6) is 5.75 Å². The predicted octanol–water partition coefficient (Wildman–Crippen LogP) is 0.992. The minimum Gasteiger partial charge on any atom is -0.508 e. The minimum atomic E-state index is -0.690. The average Bonchev–Trinajstić information content (AvgIpc) is 2.85. The van der Waals surface area contributed by atoms with Gasteiger partial charge in [-0.2, -0.15) is 0 Å². The number of hydrogen-bond acceptors (Lipinski definition) is 3. The Hall–Kier alpha value is -2.04. The molecule has 100 valence electrons. The van der Waals surface area contributed by atoms with Gasteiger partial charge >= 0.3 is 0 Å². The monoisotopic (exact) mass is 260 g/mol. The summed E-state index contributed by atoms with van der Waals surface area (Å²) in [5.41, 5.74) is -0.0127. The van der Waals surface area contributed by atoms with Gasteiger partial charge < -0.3 is 15.7 Å². The Morgan fingerprint density at radius 2 is 1.74 bits per heavy atom. The standard InChI is InChI=1S/C14H16N2O3/c17-10-5-3-9(4-6-10)11-12(18)16-14(13(19)15-11)7-1-2-8-14/h3-6,11,17H,1-2,7-8H2,(H,15,19)(H,16,18)/t11-/m1/s1. The molecule has 0 unspecified atom stereocenters. The molecule has 2 aliphatic rings. The van der Waals surface area contributed by atoms with Crippen molar-refractivity contribution >= 4 is 11.8 Å². The predicted molar refractivity (Wildman–Crippen MR) is 68.3 cm³/mol. The Balaban J connectivity index is 1.85. The van der Waals surface area contributed by atoms with Crippen molar-refractivity contribution in [3.05, 3.63) is 29.8 Å². The number of carbonyl (C=O) groups is 2. The molecule has 2 fully saturated rings. The molecule has 1 aliphatic heterocycles. The van der Waals surface area contributed by atoms with Crippen molar-refractivity contribution in [3.8, 4) is 5.75 Å². The maximum Gasteiger partial charge on any atom is 0.248 e. The highest BCUT2D eigenvalue weighted by molar-refractivity contribution is 6.00. The van der Waals surface area contributed by atoms with Gasteiger partial charge in [0.2, 0.25) is 11.8 Å². The van der Waals surface area contributed by atoms with Crippen molar-refractivity contribution in [1.82, 2.24) is 10.6 Å². The van der Waals surface area contributed by atoms with Gasteiger partial charge in [0.1, 0.15) is 17.3 Å². The van der Waals surface area contributed by atoms with Crippen LogP contribution in [-0.2, 0) is 9.59 Å². The number of phenols is 1. The second-order valence-corrected chi connectivity index (χ2v) is 5.28. The average molecular weight is 260 g/mol. The molecule has 1 aromatic carbocycles. The van der Waals surface area contributed by atoms with Gasteiger partial charge in [-0.15, -0.1) is 0 Å². The molecule has 1 aromatic rings. The highest BCUT2D eigenvalue weighted by Crippen LogP contribution is 2.34. The molecular weight excluding hydrogens is 244 g/mol. The van der Waals surface area contributed by atoms with Crippen molar-refractivity contribution in [1.29, 1.82) is 0 Å². The molecular formula is C14H16N2O3. The van der Waals surface area contributed by atoms with Gasteiger partial charge in [-0.1, -0.05) is 25.0 Å². The van der Waals surface area contributed by atoms with Gasteiger partial charge in [0.15, 0.2) is 0 Å². The van der Waals surface area contributed by atoms with E-state index in [4.69, 9.17) is 0 Å². The van der Waals surface area contributed by atoms with Crippen LogP contribution in [0.2, 0.25) is 0 Å². The maximum atomic E-state index is 12.2. The Kier molecular flexibility index (Phi) is 2.69. The zero-order valence-electron chi connectivity index (χ0n) is 10.5. The SMILES string of the molecule is O=C1NC2(CCCC2)C(=O)N[C@@H]1c1ccc(O)cc1. The first-order valence-electron chi connectivity index (χ1n) is 6.53. The molecule has 3 N–H and O–H groups in total. The topological polar surface area (TPSA) is 78.4 Å². The van der Waals surface area contributed by atoms with Crippen molar-refractivity contribution < 1.29 is 14.7 Å². The fraction of sp³-hybridized carbons (Fsp3) is 0.429. The normalized spacial score (nSPS) is 25.2. The van der Waals surface area contributed by atoms with Crippen LogP contribution >= 0.6 is 0 Å². The van der Waals surface area contributed by atoms with Crippen LogP contribution in [0.1, 0.15) is 37.3 Å². The van der Waals surface area contributed by atoms with E-state index < -0.39 is 11.6 Å². The molecule has 1 saturated carbocycles. The molecule has 0 radical (unpaired) electrons. The van der Waals surface area contributed by atoms with Crippen molar-refractivity contribution in [2.75, 3.05) is 0 Å². The number of piperazine rings is 1. The molecule has 1 aliphatic carbocycles. The number of carbonyl (C=O) groups excluding carboxylic acids is 2. The highest BCUT2D eigenvalue weighted by atomic mass is 16.3. The van der Waals surface area contributed by atoms with Crippen molar-refractivity contribution in [3.63, 3.8) is 0 Å². The van der Waals surface area contributed by atoms with Crippen LogP contribution in [0.4, 0.5) is 0 Å². The summed E-state index contributed by atoms with van der Waals surface area (Å²) in [5.74, 6) is -0.131. The third kappa shape index (κ3) is 1.95. The molecule has 0 bridgehead atoms. The first-order chi connectivity index (χ1) is 9.11. The number of nitrogens with one attached hydrogen (secondary N) is 2. The fourth-order valence-electron chi connectivity index (χ4n) is 2.93. The van der Waals surface area contributed by atoms with E-state index in [2.05, 4.69) is 10.6 Å². The van der Waals surface area contributed by atoms with E-state index in [-0.39, 0.29) is 17.6 Å². The van der Waals surface area contributed by atoms with E-state index >= 15 is 0 Å². The lowest BCUT2D eigenvalue weighted by Gasteiger charge is -2.37. The van der Waals surface area contributed by atoms with E-state index in [0.717, 1.165) is 12.8 Å². The molecule has 1 heterocycles. The van der Waals surface area contributed by atoms with Crippen LogP contribution in [0, 0.1) is 0 Å². The zero-order valence-corrected chi connectivity index (χ0v) is 10.5. The lowest BCUT2D eigenvalue weighted by molar-refractivity contribution is -0.141. The van der Waals surface area contributed by atoms with Crippen LogP contribution < -0.4 is 10.6 Å². The van der Waals surface area contributed by atoms with Crippen LogP contribution in [0.25, 0.3) is 0 Å².